The summed E-state index contributed by atoms with van der Waals surface area (Å²) in [6.07, 6.45) is 1.11. The number of Topliss-reactive ketones (excluding diaryl/α,β-unsaturated/α-hetero) is 2. The van der Waals surface area contributed by atoms with Crippen LogP contribution in [0.1, 0.15) is 75.2 Å². The highest BCUT2D eigenvalue weighted by Gasteiger charge is 2.47. The van der Waals surface area contributed by atoms with Crippen LogP contribution in [0.2, 0.25) is 0 Å². The van der Waals surface area contributed by atoms with Gasteiger partial charge >= 0.3 is 0 Å². The van der Waals surface area contributed by atoms with E-state index in [0.717, 1.165) is 0 Å². The van der Waals surface area contributed by atoms with Crippen molar-refractivity contribution in [3.63, 3.8) is 0 Å². The minimum absolute atomic E-state index is 0.0544. The van der Waals surface area contributed by atoms with Crippen molar-refractivity contribution in [3.8, 4) is 0 Å². The summed E-state index contributed by atoms with van der Waals surface area (Å²) >= 11 is 0. The Labute approximate surface area is 182 Å². The third-order valence-corrected chi connectivity index (χ3v) is 6.81. The molecule has 0 spiro atoms. The Morgan fingerprint density at radius 2 is 1.30 bits per heavy atom. The van der Waals surface area contributed by atoms with Crippen LogP contribution < -0.4 is 0 Å². The van der Waals surface area contributed by atoms with Crippen molar-refractivity contribution in [1.82, 2.24) is 9.80 Å². The Kier molecular flexibility index (Phi) is 9.25. The van der Waals surface area contributed by atoms with E-state index in [4.69, 9.17) is 0 Å². The van der Waals surface area contributed by atoms with Crippen LogP contribution in [0.15, 0.2) is 0 Å². The molecule has 2 amide bonds. The van der Waals surface area contributed by atoms with Crippen LogP contribution in [0.5, 0.6) is 0 Å². The van der Waals surface area contributed by atoms with Crippen LogP contribution in [0.25, 0.3) is 0 Å². The molecule has 0 N–H and O–H groups in total. The first kappa shape index (κ1) is 26.3. The summed E-state index contributed by atoms with van der Waals surface area (Å²) in [5, 5.41) is 0. The standard InChI is InChI=1S/2C12H21NO2/c1-7(2)6-10(14)11-8(3)12(15)13(5)9(11)4;1-6-10(14)11-8(4)12(15)13(7(2)3)9(11)5/h2*7-9,11H,6H2,1-5H3. The van der Waals surface area contributed by atoms with E-state index in [9.17, 15) is 19.2 Å². The van der Waals surface area contributed by atoms with Crippen LogP contribution in [0.3, 0.4) is 0 Å². The smallest absolute Gasteiger partial charge is 0.226 e. The summed E-state index contributed by atoms with van der Waals surface area (Å²) < 4.78 is 0. The number of hydrogen-bond donors (Lipinski definition) is 0. The van der Waals surface area contributed by atoms with E-state index in [-0.39, 0.29) is 65.2 Å². The lowest BCUT2D eigenvalue weighted by atomic mass is 9.85. The zero-order valence-electron chi connectivity index (χ0n) is 20.6. The summed E-state index contributed by atoms with van der Waals surface area (Å²) in [6.45, 7) is 17.6. The Hall–Kier alpha value is -1.72. The maximum atomic E-state index is 12.0. The molecule has 2 aliphatic rings. The van der Waals surface area contributed by atoms with E-state index in [1.807, 2.05) is 67.2 Å². The van der Waals surface area contributed by atoms with Gasteiger partial charge in [-0.25, -0.2) is 0 Å². The predicted molar refractivity (Wildman–Crippen MR) is 119 cm³/mol. The summed E-state index contributed by atoms with van der Waals surface area (Å²) in [6, 6.07) is 0.295. The number of rotatable bonds is 6. The average Bonchev–Trinajstić information content (AvgIpc) is 2.98. The maximum absolute atomic E-state index is 12.0. The minimum Gasteiger partial charge on any atom is -0.342 e. The molecule has 0 aromatic carbocycles. The number of amides is 2. The van der Waals surface area contributed by atoms with Crippen LogP contribution in [-0.4, -0.2) is 58.4 Å². The first-order valence-corrected chi connectivity index (χ1v) is 11.4. The SMILES string of the molecule is CC(C)CC(=O)C1C(C)C(=O)N(C)C1C.CCC(=O)C1C(C)C(=O)N(C(C)C)C1C. The van der Waals surface area contributed by atoms with Crippen molar-refractivity contribution in [3.05, 3.63) is 0 Å². The van der Waals surface area contributed by atoms with E-state index in [2.05, 4.69) is 0 Å². The Morgan fingerprint density at radius 1 is 0.833 bits per heavy atom. The van der Waals surface area contributed by atoms with Gasteiger partial charge < -0.3 is 9.80 Å². The summed E-state index contributed by atoms with van der Waals surface area (Å²) in [5.41, 5.74) is 0. The summed E-state index contributed by atoms with van der Waals surface area (Å²) in [5.74, 6) is 0.557. The Bertz CT molecular complexity index is 658. The van der Waals surface area contributed by atoms with Crippen molar-refractivity contribution in [1.29, 1.82) is 0 Å². The largest absolute Gasteiger partial charge is 0.342 e. The normalized spacial score (nSPS) is 31.5. The molecule has 0 saturated carbocycles. The number of ketones is 2. The molecular formula is C24H42N2O4. The highest BCUT2D eigenvalue weighted by molar-refractivity contribution is 5.93. The second-order valence-corrected chi connectivity index (χ2v) is 9.78. The van der Waals surface area contributed by atoms with E-state index >= 15 is 0 Å². The topological polar surface area (TPSA) is 74.8 Å². The van der Waals surface area contributed by atoms with Gasteiger partial charge in [0.15, 0.2) is 0 Å². The van der Waals surface area contributed by atoms with Gasteiger partial charge in [-0.1, -0.05) is 34.6 Å². The monoisotopic (exact) mass is 422 g/mol. The number of hydrogen-bond acceptors (Lipinski definition) is 4. The van der Waals surface area contributed by atoms with Gasteiger partial charge in [0.2, 0.25) is 11.8 Å². The van der Waals surface area contributed by atoms with Gasteiger partial charge in [-0.15, -0.1) is 0 Å². The molecule has 0 aromatic rings. The third-order valence-electron chi connectivity index (χ3n) is 6.81. The highest BCUT2D eigenvalue weighted by atomic mass is 16.2. The fraction of sp³-hybridized carbons (Fsp3) is 0.833. The molecule has 30 heavy (non-hydrogen) atoms. The van der Waals surface area contributed by atoms with Crippen molar-refractivity contribution in [2.24, 2.45) is 29.6 Å². The molecule has 0 radical (unpaired) electrons. The summed E-state index contributed by atoms with van der Waals surface area (Å²) in [7, 11) is 1.78. The Morgan fingerprint density at radius 3 is 1.63 bits per heavy atom. The minimum atomic E-state index is -0.144. The van der Waals surface area contributed by atoms with Gasteiger partial charge in [0.05, 0.1) is 0 Å². The molecular weight excluding hydrogens is 380 g/mol. The molecule has 6 nitrogen and oxygen atoms in total. The quantitative estimate of drug-likeness (QED) is 0.656. The van der Waals surface area contributed by atoms with Crippen molar-refractivity contribution < 1.29 is 19.2 Å². The van der Waals surface area contributed by atoms with Crippen LogP contribution in [0.4, 0.5) is 0 Å². The molecule has 6 heteroatoms. The molecule has 0 bridgehead atoms. The molecule has 2 aliphatic heterocycles. The fourth-order valence-electron chi connectivity index (χ4n) is 5.11. The molecule has 6 unspecified atom stereocenters. The van der Waals surface area contributed by atoms with E-state index in [1.54, 1.807) is 11.9 Å². The number of carbonyl (C=O) groups excluding carboxylic acids is 4. The Balaban J connectivity index is 0.000000300. The van der Waals surface area contributed by atoms with Gasteiger partial charge in [0.25, 0.3) is 0 Å². The van der Waals surface area contributed by atoms with Gasteiger partial charge in [-0.3, -0.25) is 19.2 Å². The molecule has 2 heterocycles. The lowest BCUT2D eigenvalue weighted by Crippen LogP contribution is -2.39. The maximum Gasteiger partial charge on any atom is 0.226 e. The molecule has 2 rings (SSSR count). The molecule has 0 aliphatic carbocycles. The van der Waals surface area contributed by atoms with Crippen LogP contribution >= 0.6 is 0 Å². The van der Waals surface area contributed by atoms with Crippen molar-refractivity contribution in [2.45, 2.75) is 93.3 Å². The fourth-order valence-corrected chi connectivity index (χ4v) is 5.11. The lowest BCUT2D eigenvalue weighted by molar-refractivity contribution is -0.133. The second-order valence-electron chi connectivity index (χ2n) is 9.78. The van der Waals surface area contributed by atoms with Gasteiger partial charge in [0, 0.05) is 61.7 Å². The molecule has 2 saturated heterocycles. The predicted octanol–water partition coefficient (Wildman–Crippen LogP) is 3.57. The number of nitrogens with zero attached hydrogens (tertiary/aromatic N) is 2. The summed E-state index contributed by atoms with van der Waals surface area (Å²) in [4.78, 5) is 51.0. The van der Waals surface area contributed by atoms with Gasteiger partial charge in [0.1, 0.15) is 11.6 Å². The molecule has 6 atom stereocenters. The van der Waals surface area contributed by atoms with E-state index in [1.165, 1.54) is 0 Å². The first-order chi connectivity index (χ1) is 13.8. The van der Waals surface area contributed by atoms with Gasteiger partial charge in [-0.05, 0) is 33.6 Å². The number of likely N-dealkylation sites (tertiary alicyclic amines) is 2. The van der Waals surface area contributed by atoms with Crippen molar-refractivity contribution >= 4 is 23.4 Å². The third kappa shape index (κ3) is 5.30. The van der Waals surface area contributed by atoms with E-state index in [0.29, 0.717) is 18.8 Å². The molecule has 172 valence electrons. The lowest BCUT2D eigenvalue weighted by Gasteiger charge is -2.27. The first-order valence-electron chi connectivity index (χ1n) is 11.4. The average molecular weight is 423 g/mol. The van der Waals surface area contributed by atoms with Gasteiger partial charge in [-0.2, -0.15) is 0 Å². The molecule has 0 aromatic heterocycles. The van der Waals surface area contributed by atoms with Crippen LogP contribution in [0, 0.1) is 29.6 Å². The highest BCUT2D eigenvalue weighted by Crippen LogP contribution is 2.34. The number of carbonyl (C=O) groups is 4. The zero-order chi connectivity index (χ0) is 23.5. The zero-order valence-corrected chi connectivity index (χ0v) is 20.6. The van der Waals surface area contributed by atoms with Crippen molar-refractivity contribution in [2.75, 3.05) is 7.05 Å². The molecule has 2 fully saturated rings. The van der Waals surface area contributed by atoms with Crippen LogP contribution in [-0.2, 0) is 19.2 Å². The van der Waals surface area contributed by atoms with E-state index < -0.39 is 0 Å². The second kappa shape index (κ2) is 10.5.